The number of hydrogen-bond donors (Lipinski definition) is 1. The Balaban J connectivity index is 2.04. The lowest BCUT2D eigenvalue weighted by atomic mass is 10.2. The smallest absolute Gasteiger partial charge is 0.340 e. The molecule has 0 aliphatic carbocycles. The molecule has 0 heterocycles. The van der Waals surface area contributed by atoms with Gasteiger partial charge in [0.25, 0.3) is 11.7 Å². The molecule has 9 heteroatoms. The van der Waals surface area contributed by atoms with Crippen molar-refractivity contribution in [2.45, 2.75) is 23.7 Å². The lowest BCUT2D eigenvalue weighted by Crippen LogP contribution is -2.30. The van der Waals surface area contributed by atoms with Crippen molar-refractivity contribution in [3.05, 3.63) is 53.1 Å². The molecular weight excluding hydrogens is 400 g/mol. The van der Waals surface area contributed by atoms with Gasteiger partial charge in [0.2, 0.25) is 0 Å². The van der Waals surface area contributed by atoms with Crippen molar-refractivity contribution in [3.63, 3.8) is 0 Å². The van der Waals surface area contributed by atoms with E-state index >= 15 is 0 Å². The van der Waals surface area contributed by atoms with E-state index < -0.39 is 23.7 Å². The van der Waals surface area contributed by atoms with Crippen LogP contribution in [0.15, 0.2) is 47.4 Å². The van der Waals surface area contributed by atoms with Gasteiger partial charge in [-0.15, -0.1) is 0 Å². The number of alkyl halides is 2. The molecule has 0 saturated carbocycles. The Morgan fingerprint density at radius 1 is 1.19 bits per heavy atom. The molecule has 0 bridgehead atoms. The monoisotopic (exact) mass is 415 g/mol. The third-order valence-electron chi connectivity index (χ3n) is 3.40. The highest BCUT2D eigenvalue weighted by Crippen LogP contribution is 2.29. The Morgan fingerprint density at radius 2 is 1.89 bits per heavy atom. The number of carbonyl (C=O) groups is 2. The first kappa shape index (κ1) is 21.0. The summed E-state index contributed by atoms with van der Waals surface area (Å²) in [6.07, 6.45) is -1.15. The van der Waals surface area contributed by atoms with Gasteiger partial charge in [0.15, 0.2) is 6.10 Å². The van der Waals surface area contributed by atoms with Gasteiger partial charge in [-0.25, -0.2) is 4.79 Å². The van der Waals surface area contributed by atoms with Gasteiger partial charge in [-0.1, -0.05) is 35.5 Å². The van der Waals surface area contributed by atoms with Crippen LogP contribution in [0.3, 0.4) is 0 Å². The average Bonchev–Trinajstić information content (AvgIpc) is 2.61. The molecule has 0 aromatic heterocycles. The van der Waals surface area contributed by atoms with Crippen LogP contribution in [0.4, 0.5) is 14.5 Å². The molecule has 1 atom stereocenters. The maximum absolute atomic E-state index is 12.6. The van der Waals surface area contributed by atoms with Crippen LogP contribution >= 0.6 is 23.4 Å². The average molecular weight is 416 g/mol. The molecule has 0 radical (unpaired) electrons. The Kier molecular flexibility index (Phi) is 7.44. The number of benzene rings is 2. The minimum Gasteiger partial charge on any atom is -0.495 e. The first-order chi connectivity index (χ1) is 12.8. The predicted octanol–water partition coefficient (Wildman–Crippen LogP) is 4.85. The maximum atomic E-state index is 12.6. The minimum atomic E-state index is -2.68. The summed E-state index contributed by atoms with van der Waals surface area (Å²) in [4.78, 5) is 24.5. The summed E-state index contributed by atoms with van der Waals surface area (Å²) in [5, 5.41) is 2.86. The molecule has 1 amide bonds. The first-order valence-corrected chi connectivity index (χ1v) is 8.96. The molecule has 2 aromatic carbocycles. The number of halogens is 3. The largest absolute Gasteiger partial charge is 0.495 e. The highest BCUT2D eigenvalue weighted by Gasteiger charge is 2.22. The number of thioether (sulfide) groups is 1. The Morgan fingerprint density at radius 3 is 2.52 bits per heavy atom. The summed E-state index contributed by atoms with van der Waals surface area (Å²) in [6.45, 7) is 1.38. The number of amides is 1. The van der Waals surface area contributed by atoms with Crippen molar-refractivity contribution in [2.24, 2.45) is 0 Å². The fourth-order valence-corrected chi connectivity index (χ4v) is 2.98. The van der Waals surface area contributed by atoms with Crippen molar-refractivity contribution in [3.8, 4) is 5.75 Å². The number of methoxy groups -OCH3 is 1. The molecule has 0 fully saturated rings. The lowest BCUT2D eigenvalue weighted by Gasteiger charge is -2.15. The van der Waals surface area contributed by atoms with E-state index in [0.717, 1.165) is 0 Å². The van der Waals surface area contributed by atoms with Crippen LogP contribution in [0.25, 0.3) is 0 Å². The van der Waals surface area contributed by atoms with Crippen LogP contribution < -0.4 is 10.1 Å². The Hall–Kier alpha value is -2.32. The second-order valence-electron chi connectivity index (χ2n) is 5.26. The van der Waals surface area contributed by atoms with Gasteiger partial charge in [0.1, 0.15) is 5.75 Å². The fourth-order valence-electron chi connectivity index (χ4n) is 2.10. The highest BCUT2D eigenvalue weighted by molar-refractivity contribution is 7.99. The van der Waals surface area contributed by atoms with Gasteiger partial charge < -0.3 is 14.8 Å². The molecule has 2 rings (SSSR count). The van der Waals surface area contributed by atoms with Crippen LogP contribution in [0.2, 0.25) is 5.02 Å². The summed E-state index contributed by atoms with van der Waals surface area (Å²) >= 11 is 6.23. The zero-order chi connectivity index (χ0) is 20.0. The third-order valence-corrected chi connectivity index (χ3v) is 4.48. The van der Waals surface area contributed by atoms with Crippen LogP contribution in [0, 0.1) is 0 Å². The van der Waals surface area contributed by atoms with Crippen molar-refractivity contribution in [1.29, 1.82) is 0 Å². The van der Waals surface area contributed by atoms with E-state index in [2.05, 4.69) is 5.32 Å². The van der Waals surface area contributed by atoms with Crippen LogP contribution in [0.1, 0.15) is 17.3 Å². The first-order valence-electron chi connectivity index (χ1n) is 7.71. The number of hydrogen-bond acceptors (Lipinski definition) is 5. The molecule has 1 N–H and O–H groups in total. The van der Waals surface area contributed by atoms with E-state index in [1.165, 1.54) is 44.4 Å². The lowest BCUT2D eigenvalue weighted by molar-refractivity contribution is -0.123. The Bertz CT molecular complexity index is 835. The van der Waals surface area contributed by atoms with E-state index in [1.807, 2.05) is 0 Å². The summed E-state index contributed by atoms with van der Waals surface area (Å²) in [7, 11) is 1.46. The van der Waals surface area contributed by atoms with Crippen molar-refractivity contribution in [2.75, 3.05) is 12.4 Å². The molecular formula is C18H16ClF2NO4S. The van der Waals surface area contributed by atoms with Crippen molar-refractivity contribution in [1.82, 2.24) is 0 Å². The van der Waals surface area contributed by atoms with E-state index in [0.29, 0.717) is 16.5 Å². The van der Waals surface area contributed by atoms with Gasteiger partial charge in [-0.2, -0.15) is 8.78 Å². The summed E-state index contributed by atoms with van der Waals surface area (Å²) in [6, 6.07) is 10.4. The van der Waals surface area contributed by atoms with E-state index in [9.17, 15) is 18.4 Å². The topological polar surface area (TPSA) is 64.6 Å². The summed E-state index contributed by atoms with van der Waals surface area (Å²) < 4.78 is 35.3. The molecule has 0 spiro atoms. The summed E-state index contributed by atoms with van der Waals surface area (Å²) in [5.74, 6) is -3.69. The number of anilines is 1. The number of rotatable bonds is 7. The molecule has 0 unspecified atom stereocenters. The normalized spacial score (nSPS) is 11.8. The van der Waals surface area contributed by atoms with E-state index in [4.69, 9.17) is 21.1 Å². The molecule has 144 valence electrons. The zero-order valence-corrected chi connectivity index (χ0v) is 15.9. The van der Waals surface area contributed by atoms with Gasteiger partial charge >= 0.3 is 5.97 Å². The molecule has 5 nitrogen and oxygen atoms in total. The quantitative estimate of drug-likeness (QED) is 0.517. The summed E-state index contributed by atoms with van der Waals surface area (Å²) in [5.41, 5.74) is 0.359. The Labute approximate surface area is 164 Å². The predicted molar refractivity (Wildman–Crippen MR) is 99.8 cm³/mol. The molecule has 0 aliphatic heterocycles. The second kappa shape index (κ2) is 9.57. The van der Waals surface area contributed by atoms with Gasteiger partial charge in [0.05, 0.1) is 17.7 Å². The van der Waals surface area contributed by atoms with Crippen LogP contribution in [-0.2, 0) is 9.53 Å². The number of ether oxygens (including phenoxy) is 2. The van der Waals surface area contributed by atoms with Crippen molar-refractivity contribution < 1.29 is 27.8 Å². The minimum absolute atomic E-state index is 0.0325. The highest BCUT2D eigenvalue weighted by atomic mass is 35.5. The van der Waals surface area contributed by atoms with Crippen molar-refractivity contribution >= 4 is 40.9 Å². The third kappa shape index (κ3) is 5.83. The number of nitrogens with one attached hydrogen (secondary N) is 1. The molecule has 0 aliphatic rings. The molecule has 2 aromatic rings. The van der Waals surface area contributed by atoms with Gasteiger partial charge in [-0.05, 0) is 37.3 Å². The van der Waals surface area contributed by atoms with Crippen LogP contribution in [0.5, 0.6) is 5.75 Å². The fraction of sp³-hybridized carbons (Fsp3) is 0.222. The van der Waals surface area contributed by atoms with E-state index in [-0.39, 0.29) is 22.2 Å². The van der Waals surface area contributed by atoms with Gasteiger partial charge in [-0.3, -0.25) is 4.79 Å². The zero-order valence-electron chi connectivity index (χ0n) is 14.4. The van der Waals surface area contributed by atoms with Crippen LogP contribution in [-0.4, -0.2) is 30.8 Å². The second-order valence-corrected chi connectivity index (χ2v) is 6.70. The van der Waals surface area contributed by atoms with Gasteiger partial charge in [0, 0.05) is 10.6 Å². The molecule has 27 heavy (non-hydrogen) atoms. The maximum Gasteiger partial charge on any atom is 0.340 e. The SMILES string of the molecule is COc1ccc(NC(=O)[C@@H](C)OC(=O)c2ccccc2SC(F)F)cc1Cl. The number of esters is 1. The molecule has 0 saturated heterocycles. The number of carbonyl (C=O) groups excluding carboxylic acids is 2. The standard InChI is InChI=1S/C18H16ClF2NO4S/c1-10(16(23)22-11-7-8-14(25-2)13(19)9-11)26-17(24)12-5-3-4-6-15(12)27-18(20)21/h3-10,18H,1-2H3,(H,22,23)/t10-/m1/s1. The van der Waals surface area contributed by atoms with E-state index in [1.54, 1.807) is 12.1 Å².